The van der Waals surface area contributed by atoms with E-state index in [-0.39, 0.29) is 17.2 Å². The quantitative estimate of drug-likeness (QED) is 0.556. The number of urea groups is 1. The number of amides is 2. The van der Waals surface area contributed by atoms with Crippen LogP contribution in [-0.4, -0.2) is 30.5 Å². The summed E-state index contributed by atoms with van der Waals surface area (Å²) in [6, 6.07) is 3.37. The second-order valence-electron chi connectivity index (χ2n) is 8.76. The third kappa shape index (κ3) is 3.28. The first kappa shape index (κ1) is 20.1. The molecule has 0 bridgehead atoms. The highest BCUT2D eigenvalue weighted by atomic mass is 19.4. The van der Waals surface area contributed by atoms with Crippen molar-refractivity contribution >= 4 is 24.3 Å². The Bertz CT molecular complexity index is 915. The van der Waals surface area contributed by atoms with E-state index in [1.807, 2.05) is 33.0 Å². The summed E-state index contributed by atoms with van der Waals surface area (Å²) in [6.45, 7) is 7.55. The molecule has 0 radical (unpaired) electrons. The van der Waals surface area contributed by atoms with Gasteiger partial charge in [0.25, 0.3) is 0 Å². The highest BCUT2D eigenvalue weighted by Crippen LogP contribution is 2.44. The molecule has 2 fully saturated rings. The molecule has 2 heterocycles. The van der Waals surface area contributed by atoms with Crippen LogP contribution in [0.4, 0.5) is 23.7 Å². The lowest BCUT2D eigenvalue weighted by molar-refractivity contribution is -0.178. The fraction of sp³-hybridized carbons (Fsp3) is 0.550. The maximum absolute atomic E-state index is 14.1. The first-order valence-electron chi connectivity index (χ1n) is 9.53. The molecule has 1 saturated carbocycles. The largest absolute Gasteiger partial charge is 0.494 e. The average molecular weight is 406 g/mol. The van der Waals surface area contributed by atoms with Crippen LogP contribution in [-0.2, 0) is 14.8 Å². The summed E-state index contributed by atoms with van der Waals surface area (Å²) in [7, 11) is -0.755. The van der Waals surface area contributed by atoms with Gasteiger partial charge in [0.1, 0.15) is 0 Å². The van der Waals surface area contributed by atoms with Gasteiger partial charge in [-0.15, -0.1) is 0 Å². The van der Waals surface area contributed by atoms with Crippen molar-refractivity contribution in [2.24, 2.45) is 5.92 Å². The number of halogens is 3. The van der Waals surface area contributed by atoms with Crippen molar-refractivity contribution in [1.82, 2.24) is 5.32 Å². The fourth-order valence-corrected chi connectivity index (χ4v) is 3.34. The van der Waals surface area contributed by atoms with Crippen LogP contribution in [0.5, 0.6) is 0 Å². The number of benzene rings is 1. The van der Waals surface area contributed by atoms with Crippen LogP contribution in [0.25, 0.3) is 0 Å². The molecule has 29 heavy (non-hydrogen) atoms. The Kier molecular flexibility index (Phi) is 4.27. The molecule has 1 unspecified atom stereocenters. The van der Waals surface area contributed by atoms with Gasteiger partial charge < -0.3 is 19.9 Å². The highest BCUT2D eigenvalue weighted by molar-refractivity contribution is 6.62. The van der Waals surface area contributed by atoms with Crippen LogP contribution in [0.3, 0.4) is 0 Å². The molecular weight excluding hydrogens is 384 g/mol. The predicted octanol–water partition coefficient (Wildman–Crippen LogP) is 3.29. The molecule has 2 N–H and O–H groups in total. The minimum absolute atomic E-state index is 0.0448. The third-order valence-corrected chi connectivity index (χ3v) is 5.99. The first-order chi connectivity index (χ1) is 13.3. The minimum Gasteiger partial charge on any atom is -0.399 e. The second kappa shape index (κ2) is 6.16. The van der Waals surface area contributed by atoms with Crippen LogP contribution in [0.15, 0.2) is 18.2 Å². The Morgan fingerprint density at radius 2 is 1.76 bits per heavy atom. The van der Waals surface area contributed by atoms with Gasteiger partial charge in [-0.3, -0.25) is 0 Å². The second-order valence-corrected chi connectivity index (χ2v) is 8.76. The Labute approximate surface area is 167 Å². The Morgan fingerprint density at radius 1 is 1.14 bits per heavy atom. The van der Waals surface area contributed by atoms with Crippen molar-refractivity contribution < 1.29 is 27.3 Å². The third-order valence-electron chi connectivity index (χ3n) is 5.99. The number of hydrogen-bond acceptors (Lipinski definition) is 3. The van der Waals surface area contributed by atoms with Gasteiger partial charge in [0.2, 0.25) is 5.54 Å². The van der Waals surface area contributed by atoms with E-state index in [0.717, 1.165) is 12.8 Å². The summed E-state index contributed by atoms with van der Waals surface area (Å²) in [6.07, 6.45) is -3.23. The summed E-state index contributed by atoms with van der Waals surface area (Å²) >= 11 is 0. The maximum Gasteiger partial charge on any atom is 0.494 e. The van der Waals surface area contributed by atoms with E-state index in [0.29, 0.717) is 5.46 Å². The van der Waals surface area contributed by atoms with E-state index in [1.54, 1.807) is 0 Å². The molecule has 0 aromatic heterocycles. The summed E-state index contributed by atoms with van der Waals surface area (Å²) < 4.78 is 54.3. The lowest BCUT2D eigenvalue weighted by atomic mass is 9.76. The molecule has 1 aromatic rings. The van der Waals surface area contributed by atoms with Crippen LogP contribution >= 0.6 is 0 Å². The van der Waals surface area contributed by atoms with Crippen molar-refractivity contribution in [2.75, 3.05) is 5.32 Å². The Balaban J connectivity index is 1.77. The fourth-order valence-electron chi connectivity index (χ4n) is 3.34. The number of anilines is 1. The van der Waals surface area contributed by atoms with Crippen molar-refractivity contribution in [3.8, 4) is 11.8 Å². The summed E-state index contributed by atoms with van der Waals surface area (Å²) in [4.78, 5) is 12.1. The molecule has 2 aliphatic heterocycles. The number of nitrogens with one attached hydrogen (secondary N) is 2. The van der Waals surface area contributed by atoms with Gasteiger partial charge in [-0.25, -0.2) is 4.79 Å². The number of carbonyl (C=O) groups is 1. The number of carbonyl (C=O) groups excluding carboxylic acids is 1. The van der Waals surface area contributed by atoms with Crippen molar-refractivity contribution in [3.05, 3.63) is 23.8 Å². The van der Waals surface area contributed by atoms with Crippen LogP contribution in [0, 0.1) is 17.8 Å². The van der Waals surface area contributed by atoms with E-state index < -0.39 is 36.1 Å². The van der Waals surface area contributed by atoms with Crippen molar-refractivity contribution in [1.29, 1.82) is 0 Å². The molecular formula is C20H22BF3N2O3. The predicted molar refractivity (Wildman–Crippen MR) is 103 cm³/mol. The molecule has 5 nitrogen and oxygen atoms in total. The van der Waals surface area contributed by atoms with Gasteiger partial charge in [0.05, 0.1) is 11.2 Å². The molecule has 0 spiro atoms. The maximum atomic E-state index is 14.1. The summed E-state index contributed by atoms with van der Waals surface area (Å²) in [5.41, 5.74) is -3.51. The van der Waals surface area contributed by atoms with Gasteiger partial charge in [0, 0.05) is 17.2 Å². The van der Waals surface area contributed by atoms with E-state index in [4.69, 9.17) is 9.31 Å². The van der Waals surface area contributed by atoms with Gasteiger partial charge in [-0.05, 0) is 52.1 Å². The molecule has 9 heteroatoms. The monoisotopic (exact) mass is 406 g/mol. The number of alkyl halides is 3. The minimum atomic E-state index is -4.78. The van der Waals surface area contributed by atoms with Gasteiger partial charge in [0.15, 0.2) is 0 Å². The van der Waals surface area contributed by atoms with Crippen molar-refractivity contribution in [3.63, 3.8) is 0 Å². The highest BCUT2D eigenvalue weighted by Gasteiger charge is 2.60. The SMILES string of the molecule is CC1(C)OB(c2ccc3c(c2)NC(=O)NC3(C#CC2CC2)C(F)(F)F)OC1(C)C. The number of rotatable bonds is 1. The molecule has 1 aliphatic carbocycles. The smallest absolute Gasteiger partial charge is 0.399 e. The number of fused-ring (bicyclic) bond motifs is 1. The van der Waals surface area contributed by atoms with Crippen molar-refractivity contribution in [2.45, 2.75) is 63.5 Å². The van der Waals surface area contributed by atoms with E-state index >= 15 is 0 Å². The molecule has 1 aromatic carbocycles. The number of hydrogen-bond donors (Lipinski definition) is 2. The molecule has 154 valence electrons. The van der Waals surface area contributed by atoms with E-state index in [2.05, 4.69) is 17.2 Å². The molecule has 1 atom stereocenters. The van der Waals surface area contributed by atoms with E-state index in [9.17, 15) is 18.0 Å². The zero-order chi connectivity index (χ0) is 21.2. The normalized spacial score (nSPS) is 27.4. The van der Waals surface area contributed by atoms with Crippen LogP contribution in [0.1, 0.15) is 46.1 Å². The first-order valence-corrected chi connectivity index (χ1v) is 9.53. The standard InChI is InChI=1S/C20H22BF3N2O3/c1-17(2)18(3,4)29-21(28-17)13-7-8-14-15(11-13)25-16(27)26-19(14,20(22,23)24)10-9-12-5-6-12/h7-8,11-12H,5-6H2,1-4H3,(H2,25,26,27). The van der Waals surface area contributed by atoms with Gasteiger partial charge in [-0.1, -0.05) is 24.0 Å². The van der Waals surface area contributed by atoms with Gasteiger partial charge >= 0.3 is 19.3 Å². The lowest BCUT2D eigenvalue weighted by Crippen LogP contribution is -2.59. The van der Waals surface area contributed by atoms with Crippen LogP contribution < -0.4 is 16.1 Å². The molecule has 3 aliphatic rings. The zero-order valence-corrected chi connectivity index (χ0v) is 16.7. The Hall–Kier alpha value is -2.18. The molecule has 4 rings (SSSR count). The van der Waals surface area contributed by atoms with E-state index in [1.165, 1.54) is 18.2 Å². The van der Waals surface area contributed by atoms with Gasteiger partial charge in [-0.2, -0.15) is 13.2 Å². The molecule has 2 amide bonds. The lowest BCUT2D eigenvalue weighted by Gasteiger charge is -2.37. The summed E-state index contributed by atoms with van der Waals surface area (Å²) in [5.74, 6) is 4.95. The summed E-state index contributed by atoms with van der Waals surface area (Å²) in [5, 5.41) is 4.48. The average Bonchev–Trinajstić information content (AvgIpc) is 3.37. The van der Waals surface area contributed by atoms with Crippen LogP contribution in [0.2, 0.25) is 0 Å². The topological polar surface area (TPSA) is 59.6 Å². The zero-order valence-electron chi connectivity index (χ0n) is 16.7. The molecule has 1 saturated heterocycles. The Morgan fingerprint density at radius 3 is 2.31 bits per heavy atom.